The summed E-state index contributed by atoms with van der Waals surface area (Å²) in [5, 5.41) is -0.0770. The van der Waals surface area contributed by atoms with Crippen LogP contribution in [0.1, 0.15) is 31.6 Å². The Kier molecular flexibility index (Phi) is 3.30. The standard InChI is InChI=1S/C16H13ClF2N4/c1-2-9-3-4-13-21-15-10(18)5-8(6-12(15)23(9)13)14-11(19)7-20-16(17)22-14/h5-7,9H,2-4H2,1H3. The average Bonchev–Trinajstić information content (AvgIpc) is 3.09. The summed E-state index contributed by atoms with van der Waals surface area (Å²) >= 11 is 5.74. The van der Waals surface area contributed by atoms with E-state index in [1.165, 1.54) is 6.07 Å². The Balaban J connectivity index is 1.98. The molecule has 7 heteroatoms. The van der Waals surface area contributed by atoms with Crippen LogP contribution in [0.3, 0.4) is 0 Å². The van der Waals surface area contributed by atoms with E-state index in [2.05, 4.69) is 26.4 Å². The van der Waals surface area contributed by atoms with Crippen molar-refractivity contribution in [2.75, 3.05) is 0 Å². The van der Waals surface area contributed by atoms with E-state index in [-0.39, 0.29) is 11.0 Å². The molecule has 0 fully saturated rings. The zero-order valence-electron chi connectivity index (χ0n) is 12.4. The number of aromatic nitrogens is 4. The second-order valence-electron chi connectivity index (χ2n) is 5.66. The van der Waals surface area contributed by atoms with Crippen LogP contribution in [-0.4, -0.2) is 19.5 Å². The summed E-state index contributed by atoms with van der Waals surface area (Å²) in [6.07, 6.45) is 3.75. The molecule has 1 unspecified atom stereocenters. The first kappa shape index (κ1) is 14.5. The van der Waals surface area contributed by atoms with Crippen molar-refractivity contribution in [3.63, 3.8) is 0 Å². The van der Waals surface area contributed by atoms with Gasteiger partial charge in [0, 0.05) is 18.0 Å². The molecule has 0 radical (unpaired) electrons. The van der Waals surface area contributed by atoms with E-state index in [0.717, 1.165) is 31.3 Å². The number of imidazole rings is 1. The van der Waals surface area contributed by atoms with Crippen molar-refractivity contribution >= 4 is 22.6 Å². The Hall–Kier alpha value is -2.08. The molecule has 3 heterocycles. The minimum absolute atomic E-state index is 0.00704. The number of benzene rings is 1. The Morgan fingerprint density at radius 3 is 2.87 bits per heavy atom. The summed E-state index contributed by atoms with van der Waals surface area (Å²) in [5.74, 6) is -0.242. The van der Waals surface area contributed by atoms with Gasteiger partial charge in [-0.15, -0.1) is 0 Å². The van der Waals surface area contributed by atoms with Crippen molar-refractivity contribution in [3.05, 3.63) is 41.1 Å². The molecule has 1 aliphatic rings. The van der Waals surface area contributed by atoms with Gasteiger partial charge in [-0.1, -0.05) is 6.92 Å². The predicted molar refractivity (Wildman–Crippen MR) is 83.3 cm³/mol. The van der Waals surface area contributed by atoms with Crippen molar-refractivity contribution in [3.8, 4) is 11.3 Å². The lowest BCUT2D eigenvalue weighted by Gasteiger charge is -2.12. The van der Waals surface area contributed by atoms with Gasteiger partial charge in [0.25, 0.3) is 0 Å². The molecule has 0 aliphatic carbocycles. The van der Waals surface area contributed by atoms with Crippen molar-refractivity contribution in [1.29, 1.82) is 0 Å². The number of rotatable bonds is 2. The molecule has 0 saturated heterocycles. The van der Waals surface area contributed by atoms with Gasteiger partial charge in [0.2, 0.25) is 5.28 Å². The first-order chi connectivity index (χ1) is 11.1. The third-order valence-corrected chi connectivity index (χ3v) is 4.53. The fourth-order valence-electron chi connectivity index (χ4n) is 3.28. The van der Waals surface area contributed by atoms with E-state index in [1.807, 2.05) is 0 Å². The zero-order chi connectivity index (χ0) is 16.1. The highest BCUT2D eigenvalue weighted by Crippen LogP contribution is 2.36. The van der Waals surface area contributed by atoms with Gasteiger partial charge >= 0.3 is 0 Å². The maximum Gasteiger partial charge on any atom is 0.223 e. The van der Waals surface area contributed by atoms with Gasteiger partial charge in [0.05, 0.1) is 11.7 Å². The second kappa shape index (κ2) is 5.23. The molecule has 4 rings (SSSR count). The molecule has 0 N–H and O–H groups in total. The molecule has 1 aromatic carbocycles. The normalized spacial score (nSPS) is 17.0. The minimum atomic E-state index is -0.638. The highest BCUT2D eigenvalue weighted by molar-refractivity contribution is 6.28. The third kappa shape index (κ3) is 2.20. The molecule has 0 saturated carbocycles. The molecular formula is C16H13ClF2N4. The lowest BCUT2D eigenvalue weighted by molar-refractivity contribution is 0.524. The van der Waals surface area contributed by atoms with E-state index >= 15 is 0 Å². The van der Waals surface area contributed by atoms with Crippen LogP contribution < -0.4 is 0 Å². The molecule has 4 nitrogen and oxygen atoms in total. The summed E-state index contributed by atoms with van der Waals surface area (Å²) in [5.41, 5.74) is 1.32. The Morgan fingerprint density at radius 2 is 2.09 bits per heavy atom. The molecule has 23 heavy (non-hydrogen) atoms. The van der Waals surface area contributed by atoms with Gasteiger partial charge in [-0.25, -0.2) is 23.7 Å². The SMILES string of the molecule is CCC1CCc2nc3c(F)cc(-c4nc(Cl)ncc4F)cc3n21. The van der Waals surface area contributed by atoms with E-state index in [9.17, 15) is 8.78 Å². The fourth-order valence-corrected chi connectivity index (χ4v) is 3.41. The van der Waals surface area contributed by atoms with Crippen molar-refractivity contribution in [2.24, 2.45) is 0 Å². The predicted octanol–water partition coefficient (Wildman–Crippen LogP) is 4.32. The van der Waals surface area contributed by atoms with Crippen LogP contribution in [0.2, 0.25) is 5.28 Å². The number of hydrogen-bond donors (Lipinski definition) is 0. The maximum atomic E-state index is 14.5. The highest BCUT2D eigenvalue weighted by atomic mass is 35.5. The topological polar surface area (TPSA) is 43.6 Å². The maximum absolute atomic E-state index is 14.5. The lowest BCUT2D eigenvalue weighted by atomic mass is 10.1. The molecule has 0 bridgehead atoms. The number of fused-ring (bicyclic) bond motifs is 3. The summed E-state index contributed by atoms with van der Waals surface area (Å²) in [4.78, 5) is 11.9. The fraction of sp³-hybridized carbons (Fsp3) is 0.312. The monoisotopic (exact) mass is 334 g/mol. The van der Waals surface area contributed by atoms with Crippen LogP contribution in [0.4, 0.5) is 8.78 Å². The van der Waals surface area contributed by atoms with Crippen molar-refractivity contribution in [2.45, 2.75) is 32.2 Å². The van der Waals surface area contributed by atoms with E-state index in [4.69, 9.17) is 11.6 Å². The van der Waals surface area contributed by atoms with Gasteiger partial charge in [-0.05, 0) is 36.6 Å². The van der Waals surface area contributed by atoms with Gasteiger partial charge < -0.3 is 4.57 Å². The summed E-state index contributed by atoms with van der Waals surface area (Å²) in [6.45, 7) is 2.09. The van der Waals surface area contributed by atoms with Crippen LogP contribution in [0.5, 0.6) is 0 Å². The number of nitrogens with zero attached hydrogens (tertiary/aromatic N) is 4. The average molecular weight is 335 g/mol. The third-order valence-electron chi connectivity index (χ3n) is 4.35. The lowest BCUT2D eigenvalue weighted by Crippen LogP contribution is -2.02. The molecule has 1 aliphatic heterocycles. The minimum Gasteiger partial charge on any atom is -0.325 e. The summed E-state index contributed by atoms with van der Waals surface area (Å²) in [7, 11) is 0. The quantitative estimate of drug-likeness (QED) is 0.655. The van der Waals surface area contributed by atoms with Crippen molar-refractivity contribution in [1.82, 2.24) is 19.5 Å². The smallest absolute Gasteiger partial charge is 0.223 e. The molecule has 3 aromatic rings. The van der Waals surface area contributed by atoms with Gasteiger partial charge in [0.15, 0.2) is 11.6 Å². The van der Waals surface area contributed by atoms with E-state index < -0.39 is 11.6 Å². The molecule has 1 atom stereocenters. The van der Waals surface area contributed by atoms with Crippen LogP contribution in [0, 0.1) is 11.6 Å². The van der Waals surface area contributed by atoms with E-state index in [0.29, 0.717) is 22.6 Å². The van der Waals surface area contributed by atoms with E-state index in [1.54, 1.807) is 6.07 Å². The van der Waals surface area contributed by atoms with Crippen LogP contribution in [0.25, 0.3) is 22.3 Å². The second-order valence-corrected chi connectivity index (χ2v) is 6.00. The van der Waals surface area contributed by atoms with Crippen LogP contribution in [-0.2, 0) is 6.42 Å². The highest BCUT2D eigenvalue weighted by Gasteiger charge is 2.26. The van der Waals surface area contributed by atoms with Crippen LogP contribution in [0.15, 0.2) is 18.3 Å². The molecule has 2 aromatic heterocycles. The Bertz CT molecular complexity index is 922. The Morgan fingerprint density at radius 1 is 1.26 bits per heavy atom. The summed E-state index contributed by atoms with van der Waals surface area (Å²) in [6, 6.07) is 3.27. The number of hydrogen-bond acceptors (Lipinski definition) is 3. The first-order valence-corrected chi connectivity index (χ1v) is 7.85. The number of halogens is 3. The number of aryl methyl sites for hydroxylation is 1. The molecule has 0 spiro atoms. The molecule has 0 amide bonds. The van der Waals surface area contributed by atoms with Gasteiger partial charge in [-0.3, -0.25) is 0 Å². The molecule has 118 valence electrons. The largest absolute Gasteiger partial charge is 0.325 e. The summed E-state index contributed by atoms with van der Waals surface area (Å²) < 4.78 is 30.5. The Labute approximate surface area is 136 Å². The van der Waals surface area contributed by atoms with Gasteiger partial charge in [-0.2, -0.15) is 0 Å². The zero-order valence-corrected chi connectivity index (χ0v) is 13.1. The van der Waals surface area contributed by atoms with Gasteiger partial charge in [0.1, 0.15) is 17.0 Å². The van der Waals surface area contributed by atoms with Crippen molar-refractivity contribution < 1.29 is 8.78 Å². The van der Waals surface area contributed by atoms with Crippen LogP contribution >= 0.6 is 11.6 Å². The molecular weight excluding hydrogens is 322 g/mol. The first-order valence-electron chi connectivity index (χ1n) is 7.47.